The normalized spacial score (nSPS) is 15.0. The number of sulfone groups is 1. The molecule has 0 aliphatic heterocycles. The minimum Gasteiger partial charge on any atom is -0.297 e. The molecule has 0 aliphatic rings. The van der Waals surface area contributed by atoms with Gasteiger partial charge in [0.2, 0.25) is 6.41 Å². The highest BCUT2D eigenvalue weighted by atomic mass is 35.5. The Labute approximate surface area is 140 Å². The third-order valence-electron chi connectivity index (χ3n) is 3.35. The van der Waals surface area contributed by atoms with Gasteiger partial charge in [-0.05, 0) is 38.0 Å². The number of alkyl halides is 1. The van der Waals surface area contributed by atoms with Gasteiger partial charge < -0.3 is 0 Å². The van der Waals surface area contributed by atoms with Crippen LogP contribution in [0.15, 0.2) is 23.1 Å². The van der Waals surface area contributed by atoms with Crippen molar-refractivity contribution in [1.82, 2.24) is 0 Å². The van der Waals surface area contributed by atoms with Crippen molar-refractivity contribution in [2.75, 3.05) is 4.90 Å². The maximum absolute atomic E-state index is 12.3. The number of carbonyl (C=O) groups excluding carboxylic acids is 1. The zero-order valence-electron chi connectivity index (χ0n) is 12.8. The first-order chi connectivity index (χ1) is 10.5. The fourth-order valence-corrected chi connectivity index (χ4v) is 4.61. The van der Waals surface area contributed by atoms with E-state index < -0.39 is 34.9 Å². The molecule has 0 spiro atoms. The molecule has 0 aliphatic carbocycles. The first kappa shape index (κ1) is 19.9. The minimum absolute atomic E-state index is 0.0333. The van der Waals surface area contributed by atoms with E-state index in [4.69, 9.17) is 11.6 Å². The molecule has 0 bridgehead atoms. The molecule has 7 nitrogen and oxygen atoms in total. The molecule has 2 unspecified atom stereocenters. The third kappa shape index (κ3) is 4.23. The number of halogens is 1. The van der Waals surface area contributed by atoms with Gasteiger partial charge in [0.1, 0.15) is 10.1 Å². The number of carbonyl (C=O) groups is 1. The van der Waals surface area contributed by atoms with Crippen LogP contribution in [-0.2, 0) is 24.7 Å². The molecule has 0 fully saturated rings. The van der Waals surface area contributed by atoms with Gasteiger partial charge in [0.05, 0.1) is 4.90 Å². The van der Waals surface area contributed by atoms with Crippen LogP contribution in [0.25, 0.3) is 0 Å². The summed E-state index contributed by atoms with van der Waals surface area (Å²) in [5.41, 5.74) is 0.301. The molecule has 0 saturated carbocycles. The molecule has 1 amide bonds. The summed E-state index contributed by atoms with van der Waals surface area (Å²) in [6.07, 6.45) is 0.358. The lowest BCUT2D eigenvalue weighted by Gasteiger charge is -2.28. The summed E-state index contributed by atoms with van der Waals surface area (Å²) in [4.78, 5) is 11.9. The molecule has 0 saturated heterocycles. The number of hydrogen-bond donors (Lipinski definition) is 1. The van der Waals surface area contributed by atoms with Crippen LogP contribution >= 0.6 is 11.6 Å². The third-order valence-corrected chi connectivity index (χ3v) is 7.32. The van der Waals surface area contributed by atoms with E-state index in [1.807, 2.05) is 0 Å². The van der Waals surface area contributed by atoms with E-state index in [0.717, 1.165) is 11.0 Å². The second-order valence-corrected chi connectivity index (χ2v) is 9.67. The fraction of sp³-hybridized carbons (Fsp3) is 0.462. The summed E-state index contributed by atoms with van der Waals surface area (Å²) in [6.45, 7) is 4.31. The molecule has 1 N–H and O–H groups in total. The van der Waals surface area contributed by atoms with Crippen molar-refractivity contribution in [1.29, 1.82) is 0 Å². The number of rotatable bonds is 7. The van der Waals surface area contributed by atoms with Gasteiger partial charge in [0.25, 0.3) is 10.1 Å². The lowest BCUT2D eigenvalue weighted by atomic mass is 10.2. The molecule has 0 radical (unpaired) electrons. The van der Waals surface area contributed by atoms with E-state index in [-0.39, 0.29) is 17.7 Å². The standard InChI is InChI=1S/C13H18ClNO6S2/c1-4-13(22(17,18)10(3)14)15(8-16)11-6-5-9(2)12(7-11)23(19,20)21/h5-8,10,13H,4H2,1-3H3,(H,19,20,21). The molecular weight excluding hydrogens is 366 g/mol. The van der Waals surface area contributed by atoms with Crippen LogP contribution in [0.2, 0.25) is 0 Å². The van der Waals surface area contributed by atoms with Gasteiger partial charge in [-0.25, -0.2) is 8.42 Å². The summed E-state index contributed by atoms with van der Waals surface area (Å²) in [6, 6.07) is 3.82. The Kier molecular flexibility index (Phi) is 6.19. The van der Waals surface area contributed by atoms with Crippen molar-refractivity contribution in [2.45, 2.75) is 42.2 Å². The molecule has 0 heterocycles. The monoisotopic (exact) mass is 383 g/mol. The second kappa shape index (κ2) is 7.16. The van der Waals surface area contributed by atoms with Crippen LogP contribution in [0.1, 0.15) is 25.8 Å². The van der Waals surface area contributed by atoms with Gasteiger partial charge in [0, 0.05) is 5.69 Å². The molecule has 23 heavy (non-hydrogen) atoms. The number of anilines is 1. The predicted octanol–water partition coefficient (Wildman–Crippen LogP) is 1.94. The van der Waals surface area contributed by atoms with Crippen molar-refractivity contribution in [3.05, 3.63) is 23.8 Å². The maximum atomic E-state index is 12.3. The van der Waals surface area contributed by atoms with Gasteiger partial charge in [-0.1, -0.05) is 13.0 Å². The highest BCUT2D eigenvalue weighted by Gasteiger charge is 2.34. The summed E-state index contributed by atoms with van der Waals surface area (Å²) < 4.78 is 55.3. The van der Waals surface area contributed by atoms with Crippen LogP contribution in [-0.4, -0.2) is 37.9 Å². The van der Waals surface area contributed by atoms with E-state index in [9.17, 15) is 26.2 Å². The Bertz CT molecular complexity index is 789. The van der Waals surface area contributed by atoms with Crippen LogP contribution in [0.4, 0.5) is 5.69 Å². The van der Waals surface area contributed by atoms with Crippen molar-refractivity contribution in [3.8, 4) is 0 Å². The number of benzene rings is 1. The molecule has 1 aromatic rings. The Balaban J connectivity index is 3.50. The van der Waals surface area contributed by atoms with Gasteiger partial charge in [0.15, 0.2) is 9.84 Å². The van der Waals surface area contributed by atoms with Gasteiger partial charge in [-0.3, -0.25) is 14.2 Å². The maximum Gasteiger partial charge on any atom is 0.294 e. The largest absolute Gasteiger partial charge is 0.297 e. The number of aryl methyl sites for hydroxylation is 1. The zero-order valence-corrected chi connectivity index (χ0v) is 15.2. The van der Waals surface area contributed by atoms with Crippen molar-refractivity contribution in [2.24, 2.45) is 0 Å². The molecule has 0 aromatic heterocycles. The topological polar surface area (TPSA) is 109 Å². The molecule has 2 atom stereocenters. The first-order valence-electron chi connectivity index (χ1n) is 6.65. The summed E-state index contributed by atoms with van der Waals surface area (Å²) in [5, 5.41) is -1.25. The smallest absolute Gasteiger partial charge is 0.294 e. The van der Waals surface area contributed by atoms with E-state index in [1.165, 1.54) is 26.0 Å². The first-order valence-corrected chi connectivity index (χ1v) is 10.1. The molecule has 10 heteroatoms. The fourth-order valence-electron chi connectivity index (χ4n) is 2.13. The van der Waals surface area contributed by atoms with Crippen LogP contribution < -0.4 is 4.90 Å². The van der Waals surface area contributed by atoms with Crippen LogP contribution in [0.5, 0.6) is 0 Å². The number of nitrogens with zero attached hydrogens (tertiary/aromatic N) is 1. The van der Waals surface area contributed by atoms with Crippen LogP contribution in [0, 0.1) is 6.92 Å². The highest BCUT2D eigenvalue weighted by Crippen LogP contribution is 2.27. The Morgan fingerprint density at radius 2 is 1.87 bits per heavy atom. The quantitative estimate of drug-likeness (QED) is 0.437. The summed E-state index contributed by atoms with van der Waals surface area (Å²) in [5.74, 6) is 0. The van der Waals surface area contributed by atoms with E-state index in [2.05, 4.69) is 0 Å². The summed E-state index contributed by atoms with van der Waals surface area (Å²) >= 11 is 5.69. The average Bonchev–Trinajstić information content (AvgIpc) is 2.43. The van der Waals surface area contributed by atoms with Crippen LogP contribution in [0.3, 0.4) is 0 Å². The minimum atomic E-state index is -4.50. The lowest BCUT2D eigenvalue weighted by molar-refractivity contribution is -0.107. The SMILES string of the molecule is CCC(N(C=O)c1ccc(C)c(S(=O)(=O)O)c1)S(=O)(=O)C(C)Cl. The molecule has 1 rings (SSSR count). The molecular formula is C13H18ClNO6S2. The van der Waals surface area contributed by atoms with Gasteiger partial charge in [-0.15, -0.1) is 11.6 Å². The van der Waals surface area contributed by atoms with Gasteiger partial charge in [-0.2, -0.15) is 8.42 Å². The number of hydrogen-bond acceptors (Lipinski definition) is 5. The second-order valence-electron chi connectivity index (χ2n) is 4.93. The lowest BCUT2D eigenvalue weighted by Crippen LogP contribution is -2.42. The predicted molar refractivity (Wildman–Crippen MR) is 87.9 cm³/mol. The molecule has 130 valence electrons. The molecule has 1 aromatic carbocycles. The van der Waals surface area contributed by atoms with Crippen molar-refractivity contribution in [3.63, 3.8) is 0 Å². The average molecular weight is 384 g/mol. The van der Waals surface area contributed by atoms with Crippen molar-refractivity contribution < 1.29 is 26.2 Å². The Morgan fingerprint density at radius 1 is 1.30 bits per heavy atom. The van der Waals surface area contributed by atoms with Crippen molar-refractivity contribution >= 4 is 43.7 Å². The van der Waals surface area contributed by atoms with E-state index in [1.54, 1.807) is 6.92 Å². The number of amides is 1. The van der Waals surface area contributed by atoms with Gasteiger partial charge >= 0.3 is 0 Å². The zero-order chi connectivity index (χ0) is 18.0. The van der Waals surface area contributed by atoms with E-state index >= 15 is 0 Å². The Morgan fingerprint density at radius 3 is 2.26 bits per heavy atom. The highest BCUT2D eigenvalue weighted by molar-refractivity contribution is 7.94. The Hall–Kier alpha value is -1.16. The van der Waals surface area contributed by atoms with E-state index in [0.29, 0.717) is 6.41 Å². The summed E-state index contributed by atoms with van der Waals surface area (Å²) in [7, 11) is -8.36.